The minimum atomic E-state index is 0.349. The highest BCUT2D eigenvalue weighted by atomic mass is 35.5. The molecule has 0 aliphatic carbocycles. The van der Waals surface area contributed by atoms with Crippen molar-refractivity contribution >= 4 is 23.4 Å². The predicted molar refractivity (Wildman–Crippen MR) is 94.9 cm³/mol. The van der Waals surface area contributed by atoms with Gasteiger partial charge in [0.15, 0.2) is 0 Å². The number of thioether (sulfide) groups is 1. The molecule has 0 fully saturated rings. The predicted octanol–water partition coefficient (Wildman–Crippen LogP) is 4.67. The second kappa shape index (κ2) is 7.49. The van der Waals surface area contributed by atoms with Crippen LogP contribution in [0.15, 0.2) is 41.4 Å². The molecule has 0 amide bonds. The van der Waals surface area contributed by atoms with E-state index in [1.807, 2.05) is 24.0 Å². The molecule has 1 aromatic carbocycles. The Hall–Kier alpha value is -1.03. The molecule has 0 spiro atoms. The fourth-order valence-electron chi connectivity index (χ4n) is 2.90. The Labute approximate surface area is 141 Å². The molecular formula is C18H21ClN2S. The van der Waals surface area contributed by atoms with Crippen LogP contribution in [0.4, 0.5) is 0 Å². The zero-order valence-electron chi connectivity index (χ0n) is 12.8. The molecule has 1 aliphatic heterocycles. The highest BCUT2D eigenvalue weighted by Gasteiger charge is 2.20. The van der Waals surface area contributed by atoms with Crippen molar-refractivity contribution in [3.63, 3.8) is 0 Å². The molecule has 1 aromatic heterocycles. The topological polar surface area (TPSA) is 24.9 Å². The summed E-state index contributed by atoms with van der Waals surface area (Å²) < 4.78 is 0. The number of hydrogen-bond acceptors (Lipinski definition) is 3. The van der Waals surface area contributed by atoms with Crippen molar-refractivity contribution in [2.75, 3.05) is 13.1 Å². The van der Waals surface area contributed by atoms with Gasteiger partial charge in [0.2, 0.25) is 0 Å². The lowest BCUT2D eigenvalue weighted by Crippen LogP contribution is -2.16. The first-order chi connectivity index (χ1) is 10.8. The third kappa shape index (κ3) is 3.48. The van der Waals surface area contributed by atoms with Gasteiger partial charge in [0, 0.05) is 11.1 Å². The Morgan fingerprint density at radius 2 is 2.09 bits per heavy atom. The van der Waals surface area contributed by atoms with Crippen molar-refractivity contribution in [2.45, 2.75) is 36.3 Å². The van der Waals surface area contributed by atoms with E-state index in [4.69, 9.17) is 11.6 Å². The van der Waals surface area contributed by atoms with Crippen LogP contribution in [0.1, 0.15) is 35.4 Å². The van der Waals surface area contributed by atoms with Gasteiger partial charge in [-0.25, -0.2) is 0 Å². The lowest BCUT2D eigenvalue weighted by Gasteiger charge is -2.19. The number of fused-ring (bicyclic) bond motifs is 1. The molecule has 116 valence electrons. The molecule has 0 saturated heterocycles. The molecule has 0 saturated carbocycles. The summed E-state index contributed by atoms with van der Waals surface area (Å²) in [5.74, 6) is 0. The minimum Gasteiger partial charge on any atom is -0.316 e. The molecule has 1 N–H and O–H groups in total. The molecule has 3 rings (SSSR count). The third-order valence-corrected chi connectivity index (χ3v) is 6.07. The fraction of sp³-hybridized carbons (Fsp3) is 0.389. The monoisotopic (exact) mass is 332 g/mol. The Kier molecular flexibility index (Phi) is 5.40. The summed E-state index contributed by atoms with van der Waals surface area (Å²) in [4.78, 5) is 5.78. The van der Waals surface area contributed by atoms with Gasteiger partial charge in [0.1, 0.15) is 0 Å². The van der Waals surface area contributed by atoms with Gasteiger partial charge < -0.3 is 5.32 Å². The average Bonchev–Trinajstić information content (AvgIpc) is 2.80. The van der Waals surface area contributed by atoms with E-state index in [1.54, 1.807) is 0 Å². The lowest BCUT2D eigenvalue weighted by atomic mass is 10.0. The Balaban J connectivity index is 1.94. The number of halogens is 1. The molecule has 2 heterocycles. The van der Waals surface area contributed by atoms with Crippen molar-refractivity contribution < 1.29 is 0 Å². The summed E-state index contributed by atoms with van der Waals surface area (Å²) in [6.45, 7) is 4.29. The van der Waals surface area contributed by atoms with Gasteiger partial charge in [-0.3, -0.25) is 4.98 Å². The van der Waals surface area contributed by atoms with Gasteiger partial charge in [-0.2, -0.15) is 0 Å². The number of pyridine rings is 1. The van der Waals surface area contributed by atoms with Crippen LogP contribution in [0.25, 0.3) is 0 Å². The molecule has 0 bridgehead atoms. The van der Waals surface area contributed by atoms with Crippen molar-refractivity contribution in [2.24, 2.45) is 0 Å². The van der Waals surface area contributed by atoms with Gasteiger partial charge >= 0.3 is 0 Å². The van der Waals surface area contributed by atoms with Gasteiger partial charge in [0.05, 0.1) is 16.0 Å². The van der Waals surface area contributed by atoms with Crippen molar-refractivity contribution in [3.8, 4) is 0 Å². The highest BCUT2D eigenvalue weighted by molar-refractivity contribution is 7.99. The number of rotatable bonds is 4. The van der Waals surface area contributed by atoms with Crippen LogP contribution in [0.5, 0.6) is 0 Å². The van der Waals surface area contributed by atoms with Crippen molar-refractivity contribution in [1.29, 1.82) is 0 Å². The summed E-state index contributed by atoms with van der Waals surface area (Å²) >= 11 is 8.41. The van der Waals surface area contributed by atoms with Gasteiger partial charge in [0.25, 0.3) is 0 Å². The average molecular weight is 333 g/mol. The van der Waals surface area contributed by atoms with E-state index in [0.717, 1.165) is 43.1 Å². The fourth-order valence-corrected chi connectivity index (χ4v) is 4.48. The standard InChI is InChI=1S/C18H21ClN2S/c1-2-17(16-5-3-4-10-21-16)22-18-14-9-12-20-11-8-13(14)6-7-15(18)19/h3-7,10,17,20H,2,8-9,11-12H2,1H3. The summed E-state index contributed by atoms with van der Waals surface area (Å²) in [5, 5.41) is 4.70. The lowest BCUT2D eigenvalue weighted by molar-refractivity contribution is 0.709. The maximum Gasteiger partial charge on any atom is 0.0545 e. The summed E-state index contributed by atoms with van der Waals surface area (Å²) in [6, 6.07) is 10.4. The van der Waals surface area contributed by atoms with Crippen LogP contribution in [0.2, 0.25) is 5.02 Å². The highest BCUT2D eigenvalue weighted by Crippen LogP contribution is 2.43. The van der Waals surface area contributed by atoms with Gasteiger partial charge in [-0.15, -0.1) is 11.8 Å². The molecule has 2 nitrogen and oxygen atoms in total. The quantitative estimate of drug-likeness (QED) is 0.824. The SMILES string of the molecule is CCC(Sc1c(Cl)ccc2c1CCNCC2)c1ccccn1. The van der Waals surface area contributed by atoms with Crippen LogP contribution >= 0.6 is 23.4 Å². The smallest absolute Gasteiger partial charge is 0.0545 e. The maximum absolute atomic E-state index is 6.54. The van der Waals surface area contributed by atoms with Crippen molar-refractivity contribution in [1.82, 2.24) is 10.3 Å². The second-order valence-electron chi connectivity index (χ2n) is 5.53. The number of nitrogens with zero attached hydrogens (tertiary/aromatic N) is 1. The largest absolute Gasteiger partial charge is 0.316 e. The van der Waals surface area contributed by atoms with Crippen LogP contribution < -0.4 is 5.32 Å². The normalized spacial score (nSPS) is 15.9. The molecule has 1 aliphatic rings. The van der Waals surface area contributed by atoms with E-state index in [1.165, 1.54) is 16.0 Å². The van der Waals surface area contributed by atoms with Crippen LogP contribution in [-0.4, -0.2) is 18.1 Å². The van der Waals surface area contributed by atoms with E-state index < -0.39 is 0 Å². The molecule has 2 aromatic rings. The molecule has 0 radical (unpaired) electrons. The van der Waals surface area contributed by atoms with Crippen LogP contribution in [0.3, 0.4) is 0 Å². The second-order valence-corrected chi connectivity index (χ2v) is 7.15. The zero-order valence-corrected chi connectivity index (χ0v) is 14.4. The first kappa shape index (κ1) is 15.9. The maximum atomic E-state index is 6.54. The molecule has 1 unspecified atom stereocenters. The Morgan fingerprint density at radius 1 is 1.23 bits per heavy atom. The third-order valence-electron chi connectivity index (χ3n) is 4.08. The van der Waals surface area contributed by atoms with E-state index in [0.29, 0.717) is 5.25 Å². The number of benzene rings is 1. The minimum absolute atomic E-state index is 0.349. The summed E-state index contributed by atoms with van der Waals surface area (Å²) in [7, 11) is 0. The van der Waals surface area contributed by atoms with Crippen LogP contribution in [0, 0.1) is 0 Å². The number of hydrogen-bond donors (Lipinski definition) is 1. The van der Waals surface area contributed by atoms with E-state index in [-0.39, 0.29) is 0 Å². The zero-order chi connectivity index (χ0) is 15.4. The van der Waals surface area contributed by atoms with Gasteiger partial charge in [-0.05, 0) is 61.7 Å². The van der Waals surface area contributed by atoms with Crippen molar-refractivity contribution in [3.05, 3.63) is 58.4 Å². The molecule has 4 heteroatoms. The van der Waals surface area contributed by atoms with E-state index >= 15 is 0 Å². The number of aromatic nitrogens is 1. The molecule has 1 atom stereocenters. The van der Waals surface area contributed by atoms with Gasteiger partial charge in [-0.1, -0.05) is 30.7 Å². The Bertz CT molecular complexity index is 630. The molecular weight excluding hydrogens is 312 g/mol. The van der Waals surface area contributed by atoms with E-state index in [2.05, 4.69) is 41.5 Å². The summed E-state index contributed by atoms with van der Waals surface area (Å²) in [5.41, 5.74) is 4.00. The number of nitrogens with one attached hydrogen (secondary N) is 1. The first-order valence-electron chi connectivity index (χ1n) is 7.88. The molecule has 22 heavy (non-hydrogen) atoms. The van der Waals surface area contributed by atoms with Crippen LogP contribution in [-0.2, 0) is 12.8 Å². The summed E-state index contributed by atoms with van der Waals surface area (Å²) in [6.07, 6.45) is 5.05. The Morgan fingerprint density at radius 3 is 2.86 bits per heavy atom. The first-order valence-corrected chi connectivity index (χ1v) is 9.14. The van der Waals surface area contributed by atoms with E-state index in [9.17, 15) is 0 Å².